The van der Waals surface area contributed by atoms with Crippen LogP contribution in [0.25, 0.3) is 0 Å². The van der Waals surface area contributed by atoms with Gasteiger partial charge in [0.05, 0.1) is 6.61 Å². The van der Waals surface area contributed by atoms with Gasteiger partial charge in [-0.1, -0.05) is 0 Å². The van der Waals surface area contributed by atoms with Crippen LogP contribution >= 0.6 is 0 Å². The van der Waals surface area contributed by atoms with Gasteiger partial charge in [0.25, 0.3) is 11.8 Å². The molecule has 1 saturated carbocycles. The molecule has 3 amide bonds. The summed E-state index contributed by atoms with van der Waals surface area (Å²) >= 11 is 0. The van der Waals surface area contributed by atoms with Gasteiger partial charge in [-0.25, -0.2) is 9.59 Å². The predicted octanol–water partition coefficient (Wildman–Crippen LogP) is 1.54. The molecule has 3 aliphatic rings. The molecular weight excluding hydrogens is 352 g/mol. The van der Waals surface area contributed by atoms with E-state index < -0.39 is 23.9 Å². The average molecular weight is 376 g/mol. The summed E-state index contributed by atoms with van der Waals surface area (Å²) in [5.41, 5.74) is 0. The van der Waals surface area contributed by atoms with Gasteiger partial charge in [0.15, 0.2) is 0 Å². The van der Waals surface area contributed by atoms with E-state index in [2.05, 4.69) is 17.2 Å². The number of amides is 3. The molecule has 27 heavy (non-hydrogen) atoms. The van der Waals surface area contributed by atoms with Crippen molar-refractivity contribution >= 4 is 23.9 Å². The van der Waals surface area contributed by atoms with E-state index >= 15 is 0 Å². The third-order valence-electron chi connectivity index (χ3n) is 5.27. The maximum Gasteiger partial charge on any atom is 0.407 e. The highest BCUT2D eigenvalue weighted by Gasteiger charge is 2.49. The number of rotatable bonds is 7. The maximum absolute atomic E-state index is 11.8. The summed E-state index contributed by atoms with van der Waals surface area (Å²) in [5, 5.41) is 3.12. The molecule has 1 heterocycles. The smallest absolute Gasteiger partial charge is 0.407 e. The lowest BCUT2D eigenvalue weighted by molar-refractivity contribution is -0.197. The Morgan fingerprint density at radius 1 is 1.07 bits per heavy atom. The van der Waals surface area contributed by atoms with E-state index in [1.54, 1.807) is 0 Å². The lowest BCUT2D eigenvalue weighted by Crippen LogP contribution is -2.32. The summed E-state index contributed by atoms with van der Waals surface area (Å²) in [6.07, 6.45) is 3.96. The van der Waals surface area contributed by atoms with Crippen molar-refractivity contribution in [1.29, 1.82) is 0 Å². The summed E-state index contributed by atoms with van der Waals surface area (Å²) < 4.78 is 5.28. The fourth-order valence-corrected chi connectivity index (χ4v) is 3.73. The van der Waals surface area contributed by atoms with Crippen LogP contribution in [0.5, 0.6) is 0 Å². The first-order valence-electron chi connectivity index (χ1n) is 9.49. The molecule has 1 saturated heterocycles. The van der Waals surface area contributed by atoms with E-state index in [0.717, 1.165) is 25.7 Å². The molecule has 2 atom stereocenters. The number of imide groups is 1. The Morgan fingerprint density at radius 2 is 1.70 bits per heavy atom. The van der Waals surface area contributed by atoms with Gasteiger partial charge in [0.1, 0.15) is 0 Å². The minimum absolute atomic E-state index is 0.00981. The van der Waals surface area contributed by atoms with E-state index in [0.29, 0.717) is 35.8 Å². The van der Waals surface area contributed by atoms with Crippen molar-refractivity contribution in [3.63, 3.8) is 0 Å². The second-order valence-corrected chi connectivity index (χ2v) is 7.10. The van der Waals surface area contributed by atoms with Crippen LogP contribution in [-0.4, -0.2) is 42.1 Å². The van der Waals surface area contributed by atoms with Gasteiger partial charge in [0, 0.05) is 38.6 Å². The number of carbonyl (C=O) groups excluding carboxylic acids is 4. The van der Waals surface area contributed by atoms with Crippen LogP contribution in [0.15, 0.2) is 0 Å². The van der Waals surface area contributed by atoms with Crippen molar-refractivity contribution < 1.29 is 28.8 Å². The largest absolute Gasteiger partial charge is 0.449 e. The molecule has 8 heteroatoms. The molecule has 8 nitrogen and oxygen atoms in total. The Labute approximate surface area is 157 Å². The lowest BCUT2D eigenvalue weighted by Gasteiger charge is -2.12. The van der Waals surface area contributed by atoms with Crippen LogP contribution in [0.1, 0.15) is 51.4 Å². The van der Waals surface area contributed by atoms with E-state index in [1.165, 1.54) is 0 Å². The number of hydrogen-bond acceptors (Lipinski definition) is 6. The summed E-state index contributed by atoms with van der Waals surface area (Å²) in [5.74, 6) is 6.30. The SMILES string of the molecule is O=C(CCCNC(=O)OCC1C2CCC#CCCC21)ON1C(=O)CCC1=O. The Bertz CT molecular complexity index is 645. The van der Waals surface area contributed by atoms with Gasteiger partial charge >= 0.3 is 12.1 Å². The molecule has 0 aromatic heterocycles. The van der Waals surface area contributed by atoms with Crippen LogP contribution in [0.2, 0.25) is 0 Å². The first kappa shape index (κ1) is 19.2. The molecule has 2 unspecified atom stereocenters. The number of nitrogens with one attached hydrogen (secondary N) is 1. The summed E-state index contributed by atoms with van der Waals surface area (Å²) in [7, 11) is 0. The highest BCUT2D eigenvalue weighted by molar-refractivity contribution is 6.01. The Hall–Kier alpha value is -2.56. The number of fused-ring (bicyclic) bond motifs is 1. The van der Waals surface area contributed by atoms with Gasteiger partial charge in [-0.15, -0.1) is 16.9 Å². The van der Waals surface area contributed by atoms with Gasteiger partial charge in [-0.2, -0.15) is 0 Å². The summed E-state index contributed by atoms with van der Waals surface area (Å²) in [6.45, 7) is 0.670. The van der Waals surface area contributed by atoms with E-state index in [9.17, 15) is 19.2 Å². The number of hydroxylamine groups is 2. The average Bonchev–Trinajstić information content (AvgIpc) is 3.17. The van der Waals surface area contributed by atoms with Gasteiger partial charge in [-0.05, 0) is 37.0 Å². The molecule has 0 radical (unpaired) electrons. The fraction of sp³-hybridized carbons (Fsp3) is 0.684. The lowest BCUT2D eigenvalue weighted by atomic mass is 10.1. The highest BCUT2D eigenvalue weighted by atomic mass is 16.7. The molecule has 1 aliphatic heterocycles. The predicted molar refractivity (Wildman–Crippen MR) is 92.5 cm³/mol. The zero-order valence-electron chi connectivity index (χ0n) is 15.2. The Kier molecular flexibility index (Phi) is 6.32. The molecule has 1 N–H and O–H groups in total. The Morgan fingerprint density at radius 3 is 2.33 bits per heavy atom. The number of nitrogens with zero attached hydrogens (tertiary/aromatic N) is 1. The van der Waals surface area contributed by atoms with E-state index in [4.69, 9.17) is 9.57 Å². The monoisotopic (exact) mass is 376 g/mol. The van der Waals surface area contributed by atoms with Crippen molar-refractivity contribution in [2.24, 2.45) is 17.8 Å². The minimum Gasteiger partial charge on any atom is -0.449 e. The molecule has 0 aromatic rings. The van der Waals surface area contributed by atoms with E-state index in [1.807, 2.05) is 0 Å². The third-order valence-corrected chi connectivity index (χ3v) is 5.27. The standard InChI is InChI=1S/C19H24N2O6/c22-16-9-10-17(23)21(16)27-18(24)8-5-11-20-19(25)26-12-15-13-6-3-1-2-4-7-14(13)15/h13-15H,3-12H2,(H,20,25). The zero-order valence-corrected chi connectivity index (χ0v) is 15.2. The normalized spacial score (nSPS) is 26.2. The first-order valence-corrected chi connectivity index (χ1v) is 9.49. The molecule has 0 bridgehead atoms. The number of carbonyl (C=O) groups is 4. The molecule has 2 aliphatic carbocycles. The molecule has 146 valence electrons. The van der Waals surface area contributed by atoms with Gasteiger partial charge in [-0.3, -0.25) is 9.59 Å². The first-order chi connectivity index (χ1) is 13.1. The number of alkyl carbamates (subject to hydrolysis) is 1. The van der Waals surface area contributed by atoms with E-state index in [-0.39, 0.29) is 25.8 Å². The molecule has 0 aromatic carbocycles. The third kappa shape index (κ3) is 5.22. The minimum atomic E-state index is -0.676. The van der Waals surface area contributed by atoms with Crippen LogP contribution in [0.4, 0.5) is 4.79 Å². The van der Waals surface area contributed by atoms with Crippen LogP contribution in [0, 0.1) is 29.6 Å². The van der Waals surface area contributed by atoms with Crippen molar-refractivity contribution in [3.05, 3.63) is 0 Å². The topological polar surface area (TPSA) is 102 Å². The van der Waals surface area contributed by atoms with Crippen molar-refractivity contribution in [2.45, 2.75) is 51.4 Å². The maximum atomic E-state index is 11.8. The van der Waals surface area contributed by atoms with Gasteiger partial charge in [0.2, 0.25) is 0 Å². The second kappa shape index (κ2) is 8.89. The highest BCUT2D eigenvalue weighted by Crippen LogP contribution is 2.52. The van der Waals surface area contributed by atoms with Crippen molar-refractivity contribution in [2.75, 3.05) is 13.2 Å². The van der Waals surface area contributed by atoms with Crippen LogP contribution in [0.3, 0.4) is 0 Å². The van der Waals surface area contributed by atoms with Crippen LogP contribution in [-0.2, 0) is 24.0 Å². The molecule has 0 spiro atoms. The quantitative estimate of drug-likeness (QED) is 0.411. The number of ether oxygens (including phenoxy) is 1. The summed E-state index contributed by atoms with van der Waals surface area (Å²) in [4.78, 5) is 50.8. The van der Waals surface area contributed by atoms with Crippen molar-refractivity contribution in [1.82, 2.24) is 10.4 Å². The van der Waals surface area contributed by atoms with Crippen LogP contribution < -0.4 is 5.32 Å². The zero-order chi connectivity index (χ0) is 19.2. The molecular formula is C19H24N2O6. The second-order valence-electron chi connectivity index (χ2n) is 7.10. The number of hydrogen-bond donors (Lipinski definition) is 1. The Balaban J connectivity index is 1.24. The molecule has 2 fully saturated rings. The summed E-state index contributed by atoms with van der Waals surface area (Å²) in [6, 6.07) is 0. The van der Waals surface area contributed by atoms with Gasteiger partial charge < -0.3 is 14.9 Å². The van der Waals surface area contributed by atoms with Crippen molar-refractivity contribution in [3.8, 4) is 11.8 Å². The molecule has 3 rings (SSSR count). The fourth-order valence-electron chi connectivity index (χ4n) is 3.73.